The molecule has 122 valence electrons. The molecule has 1 aromatic carbocycles. The molecule has 2 aliphatic carbocycles. The van der Waals surface area contributed by atoms with E-state index in [0.29, 0.717) is 0 Å². The van der Waals surface area contributed by atoms with Crippen molar-refractivity contribution >= 4 is 22.6 Å². The first-order chi connectivity index (χ1) is 10.8. The smallest absolute Gasteiger partial charge is 0.0130 e. The molecule has 0 spiro atoms. The van der Waals surface area contributed by atoms with Crippen molar-refractivity contribution in [1.82, 2.24) is 0 Å². The zero-order chi connectivity index (χ0) is 15.4. The molecule has 0 N–H and O–H groups in total. The number of halogens is 1. The van der Waals surface area contributed by atoms with Crippen LogP contribution in [0, 0.1) is 21.3 Å². The summed E-state index contributed by atoms with van der Waals surface area (Å²) < 4.78 is 1.36. The number of benzene rings is 1. The molecule has 0 heterocycles. The summed E-state index contributed by atoms with van der Waals surface area (Å²) in [7, 11) is 0. The monoisotopic (exact) mass is 410 g/mol. The highest BCUT2D eigenvalue weighted by atomic mass is 127. The quantitative estimate of drug-likeness (QED) is 0.462. The normalized spacial score (nSPS) is 32.8. The second-order valence-corrected chi connectivity index (χ2v) is 8.98. The molecule has 22 heavy (non-hydrogen) atoms. The first kappa shape index (κ1) is 16.8. The van der Waals surface area contributed by atoms with Gasteiger partial charge in [0.05, 0.1) is 0 Å². The van der Waals surface area contributed by atoms with Gasteiger partial charge < -0.3 is 0 Å². The van der Waals surface area contributed by atoms with Gasteiger partial charge in [-0.3, -0.25) is 0 Å². The third kappa shape index (κ3) is 4.27. The number of hydrogen-bond donors (Lipinski definition) is 0. The van der Waals surface area contributed by atoms with Gasteiger partial charge in [0.2, 0.25) is 0 Å². The molecule has 0 aromatic heterocycles. The lowest BCUT2D eigenvalue weighted by molar-refractivity contribution is 0.156. The predicted octanol–water partition coefficient (Wildman–Crippen LogP) is 7.17. The summed E-state index contributed by atoms with van der Waals surface area (Å²) in [6.07, 6.45) is 14.8. The van der Waals surface area contributed by atoms with Gasteiger partial charge in [-0.15, -0.1) is 0 Å². The van der Waals surface area contributed by atoms with Crippen LogP contribution in [0.1, 0.15) is 82.6 Å². The van der Waals surface area contributed by atoms with Crippen molar-refractivity contribution in [2.24, 2.45) is 17.8 Å². The molecule has 0 radical (unpaired) electrons. The van der Waals surface area contributed by atoms with E-state index in [4.69, 9.17) is 0 Å². The zero-order valence-corrected chi connectivity index (χ0v) is 16.2. The van der Waals surface area contributed by atoms with Crippen LogP contribution in [0.4, 0.5) is 0 Å². The van der Waals surface area contributed by atoms with Crippen molar-refractivity contribution < 1.29 is 0 Å². The molecule has 3 rings (SSSR count). The summed E-state index contributed by atoms with van der Waals surface area (Å²) in [6.45, 7) is 2.35. The molecule has 0 nitrogen and oxygen atoms in total. The average Bonchev–Trinajstić information content (AvgIpc) is 2.57. The largest absolute Gasteiger partial charge is 0.0654 e. The summed E-state index contributed by atoms with van der Waals surface area (Å²) >= 11 is 2.41. The molecule has 0 atom stereocenters. The topological polar surface area (TPSA) is 0 Å². The maximum Gasteiger partial charge on any atom is 0.0130 e. The summed E-state index contributed by atoms with van der Waals surface area (Å²) in [5, 5.41) is 0. The Balaban J connectivity index is 1.47. The van der Waals surface area contributed by atoms with E-state index in [1.54, 1.807) is 5.56 Å². The van der Waals surface area contributed by atoms with Crippen molar-refractivity contribution in [3.05, 3.63) is 33.4 Å². The van der Waals surface area contributed by atoms with Crippen molar-refractivity contribution in [2.75, 3.05) is 0 Å². The minimum atomic E-state index is 0.838. The van der Waals surface area contributed by atoms with E-state index < -0.39 is 0 Å². The van der Waals surface area contributed by atoms with E-state index in [1.165, 1.54) is 67.8 Å². The zero-order valence-electron chi connectivity index (χ0n) is 14.1. The van der Waals surface area contributed by atoms with Gasteiger partial charge in [-0.05, 0) is 102 Å². The Morgan fingerprint density at radius 1 is 0.818 bits per heavy atom. The molecule has 0 bridgehead atoms. The van der Waals surface area contributed by atoms with Gasteiger partial charge in [0.1, 0.15) is 0 Å². The third-order valence-electron chi connectivity index (χ3n) is 6.37. The Morgan fingerprint density at radius 2 is 1.36 bits per heavy atom. The summed E-state index contributed by atoms with van der Waals surface area (Å²) in [6, 6.07) is 9.28. The SMILES string of the molecule is CCCC1CCC(C2CCC(c3ccc(I)cc3)CC2)CC1. The lowest BCUT2D eigenvalue weighted by atomic mass is 9.68. The molecule has 2 fully saturated rings. The van der Waals surface area contributed by atoms with Crippen molar-refractivity contribution in [2.45, 2.75) is 77.0 Å². The van der Waals surface area contributed by atoms with Gasteiger partial charge in [-0.2, -0.15) is 0 Å². The van der Waals surface area contributed by atoms with Crippen LogP contribution < -0.4 is 0 Å². The fraction of sp³-hybridized carbons (Fsp3) is 0.714. The Hall–Kier alpha value is -0.0500. The molecule has 0 aliphatic heterocycles. The Kier molecular flexibility index (Phi) is 6.24. The molecule has 1 heteroatoms. The lowest BCUT2D eigenvalue weighted by Gasteiger charge is -2.38. The maximum atomic E-state index is 2.41. The second-order valence-electron chi connectivity index (χ2n) is 7.73. The number of hydrogen-bond acceptors (Lipinski definition) is 0. The van der Waals surface area contributed by atoms with Crippen LogP contribution in [0.2, 0.25) is 0 Å². The van der Waals surface area contributed by atoms with Gasteiger partial charge in [0, 0.05) is 3.57 Å². The van der Waals surface area contributed by atoms with E-state index in [2.05, 4.69) is 53.8 Å². The Bertz CT molecular complexity index is 433. The summed E-state index contributed by atoms with van der Waals surface area (Å²) in [5.41, 5.74) is 1.59. The van der Waals surface area contributed by atoms with E-state index in [-0.39, 0.29) is 0 Å². The van der Waals surface area contributed by atoms with Crippen LogP contribution in [0.5, 0.6) is 0 Å². The van der Waals surface area contributed by atoms with Gasteiger partial charge in [0.25, 0.3) is 0 Å². The minimum Gasteiger partial charge on any atom is -0.0654 e. The van der Waals surface area contributed by atoms with E-state index in [9.17, 15) is 0 Å². The predicted molar refractivity (Wildman–Crippen MR) is 104 cm³/mol. The van der Waals surface area contributed by atoms with Crippen molar-refractivity contribution in [1.29, 1.82) is 0 Å². The standard InChI is InChI=1S/C21H31I/c1-2-3-16-4-6-17(7-5-16)18-8-10-19(11-9-18)20-12-14-21(22)15-13-20/h12-19H,2-11H2,1H3. The van der Waals surface area contributed by atoms with E-state index in [1.807, 2.05) is 0 Å². The van der Waals surface area contributed by atoms with Gasteiger partial charge in [-0.1, -0.05) is 44.7 Å². The highest BCUT2D eigenvalue weighted by molar-refractivity contribution is 14.1. The molecular formula is C21H31I. The lowest BCUT2D eigenvalue weighted by Crippen LogP contribution is -2.25. The Morgan fingerprint density at radius 3 is 1.91 bits per heavy atom. The third-order valence-corrected chi connectivity index (χ3v) is 7.09. The van der Waals surface area contributed by atoms with E-state index >= 15 is 0 Å². The van der Waals surface area contributed by atoms with Gasteiger partial charge in [-0.25, -0.2) is 0 Å². The van der Waals surface area contributed by atoms with Crippen LogP contribution in [0.15, 0.2) is 24.3 Å². The summed E-state index contributed by atoms with van der Waals surface area (Å²) in [5.74, 6) is 4.00. The molecule has 2 aliphatic rings. The highest BCUT2D eigenvalue weighted by Crippen LogP contribution is 2.44. The maximum absolute atomic E-state index is 2.41. The fourth-order valence-corrected chi connectivity index (χ4v) is 5.38. The van der Waals surface area contributed by atoms with Crippen molar-refractivity contribution in [3.8, 4) is 0 Å². The van der Waals surface area contributed by atoms with Crippen molar-refractivity contribution in [3.63, 3.8) is 0 Å². The second kappa shape index (κ2) is 8.17. The molecule has 0 amide bonds. The fourth-order valence-electron chi connectivity index (χ4n) is 5.02. The van der Waals surface area contributed by atoms with Gasteiger partial charge >= 0.3 is 0 Å². The van der Waals surface area contributed by atoms with Gasteiger partial charge in [0.15, 0.2) is 0 Å². The minimum absolute atomic E-state index is 0.838. The van der Waals surface area contributed by atoms with E-state index in [0.717, 1.165) is 23.7 Å². The van der Waals surface area contributed by atoms with Crippen LogP contribution in [-0.4, -0.2) is 0 Å². The Labute approximate surface area is 150 Å². The molecule has 0 unspecified atom stereocenters. The van der Waals surface area contributed by atoms with Crippen LogP contribution in [0.3, 0.4) is 0 Å². The van der Waals surface area contributed by atoms with Crippen LogP contribution in [0.25, 0.3) is 0 Å². The molecule has 1 aromatic rings. The first-order valence-electron chi connectivity index (χ1n) is 9.51. The molecule has 2 saturated carbocycles. The number of rotatable bonds is 4. The highest BCUT2D eigenvalue weighted by Gasteiger charge is 2.30. The first-order valence-corrected chi connectivity index (χ1v) is 10.6. The summed E-state index contributed by atoms with van der Waals surface area (Å²) in [4.78, 5) is 0. The average molecular weight is 410 g/mol. The molecule has 0 saturated heterocycles. The van der Waals surface area contributed by atoms with Crippen LogP contribution >= 0.6 is 22.6 Å². The van der Waals surface area contributed by atoms with Crippen LogP contribution in [-0.2, 0) is 0 Å². The molecular weight excluding hydrogens is 379 g/mol.